The zero-order chi connectivity index (χ0) is 13.7. The summed E-state index contributed by atoms with van der Waals surface area (Å²) in [5.74, 6) is 0. The molecule has 2 atom stereocenters. The van der Waals surface area contributed by atoms with Crippen LogP contribution in [0.3, 0.4) is 0 Å². The summed E-state index contributed by atoms with van der Waals surface area (Å²) in [5.41, 5.74) is 0.334. The van der Waals surface area contributed by atoms with Gasteiger partial charge in [-0.1, -0.05) is 20.8 Å². The third-order valence-corrected chi connectivity index (χ3v) is 5.27. The third-order valence-electron chi connectivity index (χ3n) is 5.27. The van der Waals surface area contributed by atoms with Gasteiger partial charge in [0, 0.05) is 37.8 Å². The van der Waals surface area contributed by atoms with Crippen molar-refractivity contribution >= 4 is 0 Å². The lowest BCUT2D eigenvalue weighted by Crippen LogP contribution is -2.64. The predicted molar refractivity (Wildman–Crippen MR) is 80.6 cm³/mol. The van der Waals surface area contributed by atoms with Crippen molar-refractivity contribution in [2.75, 3.05) is 26.2 Å². The van der Waals surface area contributed by atoms with E-state index in [1.54, 1.807) is 0 Å². The second-order valence-electron chi connectivity index (χ2n) is 6.35. The molecule has 0 aromatic carbocycles. The molecule has 0 aromatic rings. The first-order chi connectivity index (χ1) is 9.23. The number of rotatable bonds is 5. The molecule has 2 aliphatic heterocycles. The molecular formula is C16H32N2O. The van der Waals surface area contributed by atoms with Crippen molar-refractivity contribution in [1.82, 2.24) is 10.2 Å². The number of nitrogens with one attached hydrogen (secondary N) is 1. The molecule has 2 saturated heterocycles. The summed E-state index contributed by atoms with van der Waals surface area (Å²) in [5, 5.41) is 3.82. The highest BCUT2D eigenvalue weighted by Crippen LogP contribution is 2.25. The van der Waals surface area contributed by atoms with Gasteiger partial charge in [0.05, 0.1) is 6.10 Å². The molecule has 112 valence electrons. The molecular weight excluding hydrogens is 236 g/mol. The topological polar surface area (TPSA) is 24.5 Å². The maximum Gasteiger partial charge on any atom is 0.0702 e. The van der Waals surface area contributed by atoms with E-state index in [-0.39, 0.29) is 0 Å². The van der Waals surface area contributed by atoms with Crippen molar-refractivity contribution in [3.63, 3.8) is 0 Å². The molecule has 0 spiro atoms. The van der Waals surface area contributed by atoms with E-state index in [1.807, 2.05) is 0 Å². The fourth-order valence-corrected chi connectivity index (χ4v) is 3.59. The highest BCUT2D eigenvalue weighted by Gasteiger charge is 2.36. The van der Waals surface area contributed by atoms with E-state index in [9.17, 15) is 0 Å². The van der Waals surface area contributed by atoms with Gasteiger partial charge in [0.1, 0.15) is 0 Å². The van der Waals surface area contributed by atoms with Crippen LogP contribution in [0.25, 0.3) is 0 Å². The van der Waals surface area contributed by atoms with Gasteiger partial charge in [-0.25, -0.2) is 0 Å². The summed E-state index contributed by atoms with van der Waals surface area (Å²) in [6, 6.07) is 0.691. The Morgan fingerprint density at radius 3 is 2.58 bits per heavy atom. The first-order valence-corrected chi connectivity index (χ1v) is 8.33. The van der Waals surface area contributed by atoms with Crippen LogP contribution in [-0.2, 0) is 4.74 Å². The van der Waals surface area contributed by atoms with Crippen molar-refractivity contribution in [2.45, 2.75) is 77.0 Å². The Morgan fingerprint density at radius 2 is 2.00 bits per heavy atom. The predicted octanol–water partition coefficient (Wildman–Crippen LogP) is 2.80. The van der Waals surface area contributed by atoms with Gasteiger partial charge in [-0.2, -0.15) is 0 Å². The van der Waals surface area contributed by atoms with E-state index in [0.717, 1.165) is 19.7 Å². The maximum absolute atomic E-state index is 5.95. The maximum atomic E-state index is 5.95. The van der Waals surface area contributed by atoms with Gasteiger partial charge in [-0.15, -0.1) is 0 Å². The van der Waals surface area contributed by atoms with Gasteiger partial charge >= 0.3 is 0 Å². The SMILES string of the molecule is CCC1CNC(CC)(CC)CN1CC1CCCCO1. The minimum Gasteiger partial charge on any atom is -0.377 e. The first-order valence-electron chi connectivity index (χ1n) is 8.33. The summed E-state index contributed by atoms with van der Waals surface area (Å²) in [7, 11) is 0. The molecule has 19 heavy (non-hydrogen) atoms. The molecule has 0 amide bonds. The van der Waals surface area contributed by atoms with Crippen LogP contribution in [0.2, 0.25) is 0 Å². The van der Waals surface area contributed by atoms with E-state index >= 15 is 0 Å². The Morgan fingerprint density at radius 1 is 1.21 bits per heavy atom. The van der Waals surface area contributed by atoms with Gasteiger partial charge in [0.25, 0.3) is 0 Å². The third kappa shape index (κ3) is 3.71. The molecule has 2 fully saturated rings. The monoisotopic (exact) mass is 268 g/mol. The zero-order valence-corrected chi connectivity index (χ0v) is 13.1. The lowest BCUT2D eigenvalue weighted by atomic mass is 9.87. The summed E-state index contributed by atoms with van der Waals surface area (Å²) >= 11 is 0. The second-order valence-corrected chi connectivity index (χ2v) is 6.35. The van der Waals surface area contributed by atoms with E-state index in [1.165, 1.54) is 45.1 Å². The molecule has 2 heterocycles. The number of piperazine rings is 1. The minimum absolute atomic E-state index is 0.334. The molecule has 2 aliphatic rings. The summed E-state index contributed by atoms with van der Waals surface area (Å²) in [6.07, 6.45) is 8.02. The van der Waals surface area contributed by atoms with Gasteiger partial charge in [0.2, 0.25) is 0 Å². The summed E-state index contributed by atoms with van der Waals surface area (Å²) in [4.78, 5) is 2.71. The van der Waals surface area contributed by atoms with Crippen molar-refractivity contribution in [2.24, 2.45) is 0 Å². The van der Waals surface area contributed by atoms with Crippen LogP contribution in [0.5, 0.6) is 0 Å². The Labute approximate surface area is 119 Å². The Bertz CT molecular complexity index is 259. The van der Waals surface area contributed by atoms with Gasteiger partial charge in [0.15, 0.2) is 0 Å². The number of nitrogens with zero attached hydrogens (tertiary/aromatic N) is 1. The molecule has 3 heteroatoms. The molecule has 0 radical (unpaired) electrons. The first kappa shape index (κ1) is 15.3. The molecule has 2 unspecified atom stereocenters. The highest BCUT2D eigenvalue weighted by atomic mass is 16.5. The molecule has 0 aliphatic carbocycles. The highest BCUT2D eigenvalue weighted by molar-refractivity contribution is 4.97. The van der Waals surface area contributed by atoms with Gasteiger partial charge in [-0.05, 0) is 38.5 Å². The fraction of sp³-hybridized carbons (Fsp3) is 1.00. The number of hydrogen-bond donors (Lipinski definition) is 1. The second kappa shape index (κ2) is 7.05. The number of hydrogen-bond acceptors (Lipinski definition) is 3. The molecule has 0 aromatic heterocycles. The molecule has 1 N–H and O–H groups in total. The van der Waals surface area contributed by atoms with Crippen molar-refractivity contribution in [3.8, 4) is 0 Å². The smallest absolute Gasteiger partial charge is 0.0702 e. The van der Waals surface area contributed by atoms with E-state index in [0.29, 0.717) is 17.7 Å². The lowest BCUT2D eigenvalue weighted by molar-refractivity contribution is -0.0312. The average molecular weight is 268 g/mol. The quantitative estimate of drug-likeness (QED) is 0.830. The van der Waals surface area contributed by atoms with Crippen LogP contribution in [-0.4, -0.2) is 48.8 Å². The molecule has 2 rings (SSSR count). The van der Waals surface area contributed by atoms with Crippen LogP contribution in [0.4, 0.5) is 0 Å². The Balaban J connectivity index is 1.96. The van der Waals surface area contributed by atoms with E-state index < -0.39 is 0 Å². The molecule has 3 nitrogen and oxygen atoms in total. The Kier molecular flexibility index (Phi) is 5.67. The normalized spacial score (nSPS) is 32.4. The van der Waals surface area contributed by atoms with Crippen LogP contribution < -0.4 is 5.32 Å². The molecule has 0 saturated carbocycles. The average Bonchev–Trinajstić information content (AvgIpc) is 2.48. The fourth-order valence-electron chi connectivity index (χ4n) is 3.59. The van der Waals surface area contributed by atoms with Crippen LogP contribution in [0.15, 0.2) is 0 Å². The number of ether oxygens (including phenoxy) is 1. The largest absolute Gasteiger partial charge is 0.377 e. The van der Waals surface area contributed by atoms with Crippen molar-refractivity contribution in [3.05, 3.63) is 0 Å². The van der Waals surface area contributed by atoms with Gasteiger partial charge in [-0.3, -0.25) is 4.90 Å². The summed E-state index contributed by atoms with van der Waals surface area (Å²) in [6.45, 7) is 11.4. The van der Waals surface area contributed by atoms with Crippen LogP contribution >= 0.6 is 0 Å². The van der Waals surface area contributed by atoms with E-state index in [2.05, 4.69) is 31.0 Å². The van der Waals surface area contributed by atoms with Crippen LogP contribution in [0, 0.1) is 0 Å². The Hall–Kier alpha value is -0.120. The zero-order valence-electron chi connectivity index (χ0n) is 13.1. The summed E-state index contributed by atoms with van der Waals surface area (Å²) < 4.78 is 5.95. The van der Waals surface area contributed by atoms with E-state index in [4.69, 9.17) is 4.74 Å². The standard InChI is InChI=1S/C16H32N2O/c1-4-14-11-17-16(5-2,6-3)13-18(14)12-15-9-7-8-10-19-15/h14-15,17H,4-13H2,1-3H3. The van der Waals surface area contributed by atoms with Crippen LogP contribution in [0.1, 0.15) is 59.3 Å². The molecule has 0 bridgehead atoms. The lowest BCUT2D eigenvalue weighted by Gasteiger charge is -2.48. The van der Waals surface area contributed by atoms with Crippen molar-refractivity contribution < 1.29 is 4.74 Å². The van der Waals surface area contributed by atoms with Gasteiger partial charge < -0.3 is 10.1 Å². The minimum atomic E-state index is 0.334. The van der Waals surface area contributed by atoms with Crippen molar-refractivity contribution in [1.29, 1.82) is 0 Å².